The van der Waals surface area contributed by atoms with E-state index < -0.39 is 6.09 Å². The molecule has 2 N–H and O–H groups in total. The summed E-state index contributed by atoms with van der Waals surface area (Å²) in [6, 6.07) is 0.141. The van der Waals surface area contributed by atoms with Gasteiger partial charge in [0.2, 0.25) is 0 Å². The van der Waals surface area contributed by atoms with E-state index in [1.807, 2.05) is 6.08 Å². The number of allylic oxidation sites excluding steroid dienone is 1. The minimum absolute atomic E-state index is 0.141. The minimum atomic E-state index is -0.916. The van der Waals surface area contributed by atoms with Crippen molar-refractivity contribution in [3.8, 4) is 0 Å². The summed E-state index contributed by atoms with van der Waals surface area (Å²) in [5.41, 5.74) is 0. The number of carbonyl (C=O) groups is 1. The second-order valence-corrected chi connectivity index (χ2v) is 2.43. The molecule has 1 aliphatic carbocycles. The highest BCUT2D eigenvalue weighted by atomic mass is 16.4. The topological polar surface area (TPSA) is 49.3 Å². The lowest BCUT2D eigenvalue weighted by atomic mass is 10.0. The van der Waals surface area contributed by atoms with E-state index in [-0.39, 0.29) is 6.04 Å². The first-order valence-corrected chi connectivity index (χ1v) is 3.43. The van der Waals surface area contributed by atoms with Crippen molar-refractivity contribution < 1.29 is 9.90 Å². The number of amides is 1. The average Bonchev–Trinajstić information content (AvgIpc) is 1.88. The molecule has 1 aliphatic rings. The summed E-state index contributed by atoms with van der Waals surface area (Å²) in [5, 5.41) is 10.8. The van der Waals surface area contributed by atoms with E-state index in [4.69, 9.17) is 5.11 Å². The molecule has 10 heavy (non-hydrogen) atoms. The van der Waals surface area contributed by atoms with E-state index in [0.717, 1.165) is 19.3 Å². The van der Waals surface area contributed by atoms with E-state index in [1.165, 1.54) is 0 Å². The number of hydrogen-bond acceptors (Lipinski definition) is 1. The highest BCUT2D eigenvalue weighted by Gasteiger charge is 2.10. The molecule has 0 unspecified atom stereocenters. The fraction of sp³-hybridized carbons (Fsp3) is 0.571. The van der Waals surface area contributed by atoms with Crippen LogP contribution in [0.15, 0.2) is 12.2 Å². The third-order valence-corrected chi connectivity index (χ3v) is 1.60. The Morgan fingerprint density at radius 1 is 1.60 bits per heavy atom. The maximum atomic E-state index is 10.1. The van der Waals surface area contributed by atoms with Crippen LogP contribution < -0.4 is 5.32 Å². The van der Waals surface area contributed by atoms with Crippen LogP contribution in [0, 0.1) is 0 Å². The van der Waals surface area contributed by atoms with Crippen LogP contribution in [0.4, 0.5) is 4.79 Å². The lowest BCUT2D eigenvalue weighted by molar-refractivity contribution is 0.189. The summed E-state index contributed by atoms with van der Waals surface area (Å²) in [6.07, 6.45) is 5.95. The number of hydrogen-bond donors (Lipinski definition) is 2. The molecule has 56 valence electrons. The van der Waals surface area contributed by atoms with E-state index in [2.05, 4.69) is 11.4 Å². The zero-order valence-corrected chi connectivity index (χ0v) is 5.71. The summed E-state index contributed by atoms with van der Waals surface area (Å²) in [6.45, 7) is 0. The van der Waals surface area contributed by atoms with Crippen LogP contribution in [0.2, 0.25) is 0 Å². The standard InChI is InChI=1S/C7H11NO2/c9-7(10)8-6-4-2-1-3-5-6/h1-2,6,8H,3-5H2,(H,9,10)/t6-/m0/s1. The summed E-state index contributed by atoms with van der Waals surface area (Å²) >= 11 is 0. The highest BCUT2D eigenvalue weighted by molar-refractivity contribution is 5.64. The molecule has 1 atom stereocenters. The first-order valence-electron chi connectivity index (χ1n) is 3.43. The van der Waals surface area contributed by atoms with Crippen molar-refractivity contribution in [2.45, 2.75) is 25.3 Å². The predicted octanol–water partition coefficient (Wildman–Crippen LogP) is 1.36. The van der Waals surface area contributed by atoms with Crippen molar-refractivity contribution in [1.82, 2.24) is 5.32 Å². The van der Waals surface area contributed by atoms with Crippen molar-refractivity contribution in [2.75, 3.05) is 0 Å². The van der Waals surface area contributed by atoms with Gasteiger partial charge in [-0.1, -0.05) is 12.2 Å². The molecule has 1 rings (SSSR count). The van der Waals surface area contributed by atoms with Crippen molar-refractivity contribution in [2.24, 2.45) is 0 Å². The molecule has 0 radical (unpaired) electrons. The molecule has 0 aliphatic heterocycles. The van der Waals surface area contributed by atoms with Crippen molar-refractivity contribution in [3.63, 3.8) is 0 Å². The normalized spacial score (nSPS) is 24.2. The summed E-state index contributed by atoms with van der Waals surface area (Å²) < 4.78 is 0. The van der Waals surface area contributed by atoms with Gasteiger partial charge >= 0.3 is 6.09 Å². The number of rotatable bonds is 1. The van der Waals surface area contributed by atoms with E-state index >= 15 is 0 Å². The first-order chi connectivity index (χ1) is 4.79. The number of carboxylic acid groups (broad SMARTS) is 1. The second kappa shape index (κ2) is 3.25. The van der Waals surface area contributed by atoms with Crippen LogP contribution in [0.1, 0.15) is 19.3 Å². The summed E-state index contributed by atoms with van der Waals surface area (Å²) in [5.74, 6) is 0. The largest absolute Gasteiger partial charge is 0.465 e. The molecule has 0 spiro atoms. The van der Waals surface area contributed by atoms with Gasteiger partial charge in [-0.15, -0.1) is 0 Å². The molecule has 0 aromatic carbocycles. The predicted molar refractivity (Wildman–Crippen MR) is 37.9 cm³/mol. The fourth-order valence-electron chi connectivity index (χ4n) is 1.10. The van der Waals surface area contributed by atoms with Crippen LogP contribution in [-0.2, 0) is 0 Å². The van der Waals surface area contributed by atoms with E-state index in [0.29, 0.717) is 0 Å². The van der Waals surface area contributed by atoms with E-state index in [9.17, 15) is 4.79 Å². The monoisotopic (exact) mass is 141 g/mol. The Balaban J connectivity index is 2.28. The molecule has 1 amide bonds. The van der Waals surface area contributed by atoms with Crippen LogP contribution in [0.3, 0.4) is 0 Å². The van der Waals surface area contributed by atoms with Crippen LogP contribution in [0.25, 0.3) is 0 Å². The molecule has 0 heterocycles. The van der Waals surface area contributed by atoms with Crippen molar-refractivity contribution in [3.05, 3.63) is 12.2 Å². The lowest BCUT2D eigenvalue weighted by Gasteiger charge is -2.16. The van der Waals surface area contributed by atoms with Crippen LogP contribution in [-0.4, -0.2) is 17.2 Å². The third-order valence-electron chi connectivity index (χ3n) is 1.60. The molecule has 0 bridgehead atoms. The Labute approximate surface area is 59.7 Å². The van der Waals surface area contributed by atoms with Crippen molar-refractivity contribution in [1.29, 1.82) is 0 Å². The Hall–Kier alpha value is -0.990. The Kier molecular flexibility index (Phi) is 2.31. The molecule has 3 nitrogen and oxygen atoms in total. The van der Waals surface area contributed by atoms with Gasteiger partial charge in [-0.05, 0) is 19.3 Å². The van der Waals surface area contributed by atoms with Crippen LogP contribution >= 0.6 is 0 Å². The highest BCUT2D eigenvalue weighted by Crippen LogP contribution is 2.09. The smallest absolute Gasteiger partial charge is 0.404 e. The molecule has 0 aromatic heterocycles. The van der Waals surface area contributed by atoms with Gasteiger partial charge in [-0.3, -0.25) is 0 Å². The quantitative estimate of drug-likeness (QED) is 0.542. The maximum Gasteiger partial charge on any atom is 0.404 e. The van der Waals surface area contributed by atoms with Crippen molar-refractivity contribution >= 4 is 6.09 Å². The van der Waals surface area contributed by atoms with Gasteiger partial charge < -0.3 is 10.4 Å². The summed E-state index contributed by atoms with van der Waals surface area (Å²) in [4.78, 5) is 10.1. The zero-order chi connectivity index (χ0) is 7.40. The van der Waals surface area contributed by atoms with Gasteiger partial charge in [0.15, 0.2) is 0 Å². The minimum Gasteiger partial charge on any atom is -0.465 e. The first kappa shape index (κ1) is 7.12. The fourth-order valence-corrected chi connectivity index (χ4v) is 1.10. The van der Waals surface area contributed by atoms with Gasteiger partial charge in [-0.25, -0.2) is 4.79 Å². The maximum absolute atomic E-state index is 10.1. The molecule has 0 fully saturated rings. The molecular weight excluding hydrogens is 130 g/mol. The lowest BCUT2D eigenvalue weighted by Crippen LogP contribution is -2.33. The Morgan fingerprint density at radius 2 is 2.40 bits per heavy atom. The molecule has 0 aromatic rings. The van der Waals surface area contributed by atoms with Gasteiger partial charge in [0.05, 0.1) is 0 Å². The molecule has 0 saturated carbocycles. The van der Waals surface area contributed by atoms with E-state index in [1.54, 1.807) is 0 Å². The SMILES string of the molecule is O=C(O)N[C@H]1CC=CCC1. The Bertz CT molecular complexity index is 154. The Morgan fingerprint density at radius 3 is 2.90 bits per heavy atom. The van der Waals surface area contributed by atoms with Crippen LogP contribution in [0.5, 0.6) is 0 Å². The van der Waals surface area contributed by atoms with Gasteiger partial charge in [0, 0.05) is 6.04 Å². The van der Waals surface area contributed by atoms with Gasteiger partial charge in [0.1, 0.15) is 0 Å². The number of nitrogens with one attached hydrogen (secondary N) is 1. The van der Waals surface area contributed by atoms with Gasteiger partial charge in [-0.2, -0.15) is 0 Å². The third kappa shape index (κ3) is 2.09. The molecular formula is C7H11NO2. The summed E-state index contributed by atoms with van der Waals surface area (Å²) in [7, 11) is 0. The second-order valence-electron chi connectivity index (χ2n) is 2.43. The zero-order valence-electron chi connectivity index (χ0n) is 5.71. The average molecular weight is 141 g/mol. The van der Waals surface area contributed by atoms with Gasteiger partial charge in [0.25, 0.3) is 0 Å². The molecule has 3 heteroatoms. The molecule has 0 saturated heterocycles.